The maximum absolute atomic E-state index is 12.8. The number of aromatic nitrogens is 3. The molecule has 106 valence electrons. The molecule has 2 aromatic rings. The van der Waals surface area contributed by atoms with Crippen molar-refractivity contribution in [2.24, 2.45) is 0 Å². The fraction of sp³-hybridized carbons (Fsp3) is 0.250. The fourth-order valence-electron chi connectivity index (χ4n) is 1.39. The Kier molecular flexibility index (Phi) is 4.43. The first-order valence-electron chi connectivity index (χ1n) is 5.77. The summed E-state index contributed by atoms with van der Waals surface area (Å²) in [5.41, 5.74) is -0.958. The smallest absolute Gasteiger partial charge is 0.354 e. The Morgan fingerprint density at radius 1 is 1.20 bits per heavy atom. The molecule has 20 heavy (non-hydrogen) atoms. The molecule has 0 aromatic carbocycles. The number of hydrogen-bond acceptors (Lipinski definition) is 5. The standard InChI is InChI=1S/C12H11F3N4S/c1-2-17-11-18-9(12(13,14)15)7-10(19-11)20-8-3-5-16-6-4-8/h3-7H,2H2,1H3,(H,17,18,19). The second-order valence-electron chi connectivity index (χ2n) is 3.73. The van der Waals surface area contributed by atoms with Gasteiger partial charge >= 0.3 is 6.18 Å². The van der Waals surface area contributed by atoms with Crippen LogP contribution in [-0.4, -0.2) is 21.5 Å². The number of nitrogens with zero attached hydrogens (tertiary/aromatic N) is 3. The summed E-state index contributed by atoms with van der Waals surface area (Å²) in [5, 5.41) is 2.93. The van der Waals surface area contributed by atoms with Crippen molar-refractivity contribution in [3.05, 3.63) is 36.3 Å². The Labute approximate surface area is 117 Å². The van der Waals surface area contributed by atoms with Crippen LogP contribution in [-0.2, 0) is 6.18 Å². The van der Waals surface area contributed by atoms with Gasteiger partial charge in [0, 0.05) is 29.9 Å². The first-order valence-corrected chi connectivity index (χ1v) is 6.58. The molecule has 0 aliphatic carbocycles. The number of halogens is 3. The molecule has 0 radical (unpaired) electrons. The van der Waals surface area contributed by atoms with Gasteiger partial charge in [-0.3, -0.25) is 4.98 Å². The largest absolute Gasteiger partial charge is 0.433 e. The Morgan fingerprint density at radius 3 is 2.50 bits per heavy atom. The van der Waals surface area contributed by atoms with Crippen molar-refractivity contribution in [1.29, 1.82) is 0 Å². The predicted octanol–water partition coefficient (Wildman–Crippen LogP) is 3.47. The maximum Gasteiger partial charge on any atom is 0.433 e. The lowest BCUT2D eigenvalue weighted by Gasteiger charge is -2.10. The van der Waals surface area contributed by atoms with Crippen molar-refractivity contribution in [3.8, 4) is 0 Å². The lowest BCUT2D eigenvalue weighted by molar-refractivity contribution is -0.141. The van der Waals surface area contributed by atoms with Gasteiger partial charge < -0.3 is 5.32 Å². The molecule has 0 saturated carbocycles. The van der Waals surface area contributed by atoms with E-state index in [1.165, 1.54) is 0 Å². The fourth-order valence-corrected chi connectivity index (χ4v) is 2.19. The summed E-state index contributed by atoms with van der Waals surface area (Å²) in [6.07, 6.45) is -1.36. The molecule has 0 spiro atoms. The normalized spacial score (nSPS) is 11.4. The van der Waals surface area contributed by atoms with Gasteiger partial charge in [-0.15, -0.1) is 0 Å². The van der Waals surface area contributed by atoms with E-state index in [9.17, 15) is 13.2 Å². The van der Waals surface area contributed by atoms with Crippen molar-refractivity contribution < 1.29 is 13.2 Å². The second kappa shape index (κ2) is 6.08. The lowest BCUT2D eigenvalue weighted by Crippen LogP contribution is -2.12. The zero-order chi connectivity index (χ0) is 14.6. The van der Waals surface area contributed by atoms with Gasteiger partial charge in [0.2, 0.25) is 5.95 Å². The summed E-state index contributed by atoms with van der Waals surface area (Å²) in [7, 11) is 0. The molecule has 2 heterocycles. The molecule has 4 nitrogen and oxygen atoms in total. The van der Waals surface area contributed by atoms with E-state index in [2.05, 4.69) is 20.3 Å². The third-order valence-electron chi connectivity index (χ3n) is 2.20. The molecule has 8 heteroatoms. The second-order valence-corrected chi connectivity index (χ2v) is 4.82. The van der Waals surface area contributed by atoms with Gasteiger partial charge in [0.05, 0.1) is 0 Å². The van der Waals surface area contributed by atoms with Gasteiger partial charge in [-0.2, -0.15) is 13.2 Å². The van der Waals surface area contributed by atoms with E-state index in [4.69, 9.17) is 0 Å². The van der Waals surface area contributed by atoms with Crippen LogP contribution in [0.15, 0.2) is 40.5 Å². The molecule has 0 aliphatic heterocycles. The Morgan fingerprint density at radius 2 is 1.90 bits per heavy atom. The molecule has 0 amide bonds. The highest BCUT2D eigenvalue weighted by atomic mass is 32.2. The Balaban J connectivity index is 2.34. The van der Waals surface area contributed by atoms with Crippen LogP contribution in [0.25, 0.3) is 0 Å². The average molecular weight is 300 g/mol. The van der Waals surface area contributed by atoms with E-state index in [1.807, 2.05) is 0 Å². The minimum absolute atomic E-state index is 0.0288. The molecule has 0 aliphatic rings. The van der Waals surface area contributed by atoms with Gasteiger partial charge in [-0.05, 0) is 19.1 Å². The Hall–Kier alpha value is -1.83. The zero-order valence-electron chi connectivity index (χ0n) is 10.5. The van der Waals surface area contributed by atoms with Crippen molar-refractivity contribution in [1.82, 2.24) is 15.0 Å². The first-order chi connectivity index (χ1) is 9.49. The molecule has 2 rings (SSSR count). The summed E-state index contributed by atoms with van der Waals surface area (Å²) in [5.74, 6) is -0.0288. The third kappa shape index (κ3) is 3.83. The van der Waals surface area contributed by atoms with Crippen molar-refractivity contribution in [2.75, 3.05) is 11.9 Å². The van der Waals surface area contributed by atoms with Gasteiger partial charge in [0.15, 0.2) is 5.69 Å². The molecular weight excluding hydrogens is 289 g/mol. The van der Waals surface area contributed by atoms with Crippen molar-refractivity contribution in [3.63, 3.8) is 0 Å². The number of nitrogens with one attached hydrogen (secondary N) is 1. The Bertz CT molecular complexity index is 575. The van der Waals surface area contributed by atoms with E-state index in [1.54, 1.807) is 31.5 Å². The van der Waals surface area contributed by atoms with Crippen molar-refractivity contribution >= 4 is 17.7 Å². The lowest BCUT2D eigenvalue weighted by atomic mass is 10.4. The van der Waals surface area contributed by atoms with Crippen LogP contribution in [0.1, 0.15) is 12.6 Å². The zero-order valence-corrected chi connectivity index (χ0v) is 11.3. The van der Waals surface area contributed by atoms with Gasteiger partial charge in [-0.1, -0.05) is 11.8 Å². The molecular formula is C12H11F3N4S. The van der Waals surface area contributed by atoms with Crippen LogP contribution in [0.3, 0.4) is 0 Å². The van der Waals surface area contributed by atoms with E-state index >= 15 is 0 Å². The average Bonchev–Trinajstić information content (AvgIpc) is 2.39. The summed E-state index contributed by atoms with van der Waals surface area (Å²) < 4.78 is 38.4. The first kappa shape index (κ1) is 14.6. The number of anilines is 1. The van der Waals surface area contributed by atoms with Crippen LogP contribution in [0.4, 0.5) is 19.1 Å². The number of rotatable bonds is 4. The minimum Gasteiger partial charge on any atom is -0.354 e. The van der Waals surface area contributed by atoms with Crippen LogP contribution in [0, 0.1) is 0 Å². The highest BCUT2D eigenvalue weighted by Crippen LogP contribution is 2.33. The van der Waals surface area contributed by atoms with Crippen LogP contribution in [0.5, 0.6) is 0 Å². The molecule has 0 bridgehead atoms. The van der Waals surface area contributed by atoms with Crippen LogP contribution >= 0.6 is 11.8 Å². The molecule has 0 atom stereocenters. The van der Waals surface area contributed by atoms with Gasteiger partial charge in [0.25, 0.3) is 0 Å². The maximum atomic E-state index is 12.8. The topological polar surface area (TPSA) is 50.7 Å². The predicted molar refractivity (Wildman–Crippen MR) is 69.6 cm³/mol. The molecule has 0 unspecified atom stereocenters. The van der Waals surface area contributed by atoms with Crippen LogP contribution < -0.4 is 5.32 Å². The number of pyridine rings is 1. The molecule has 0 fully saturated rings. The quantitative estimate of drug-likeness (QED) is 0.876. The van der Waals surface area contributed by atoms with E-state index < -0.39 is 11.9 Å². The number of alkyl halides is 3. The number of hydrogen-bond donors (Lipinski definition) is 1. The molecule has 1 N–H and O–H groups in total. The van der Waals surface area contributed by atoms with Gasteiger partial charge in [0.1, 0.15) is 5.03 Å². The molecule has 0 saturated heterocycles. The summed E-state index contributed by atoms with van der Waals surface area (Å²) in [6, 6.07) is 4.34. The van der Waals surface area contributed by atoms with E-state index in [0.717, 1.165) is 22.7 Å². The summed E-state index contributed by atoms with van der Waals surface area (Å²) in [4.78, 5) is 12.1. The third-order valence-corrected chi connectivity index (χ3v) is 3.13. The van der Waals surface area contributed by atoms with E-state index in [-0.39, 0.29) is 11.0 Å². The van der Waals surface area contributed by atoms with Gasteiger partial charge in [-0.25, -0.2) is 9.97 Å². The molecule has 2 aromatic heterocycles. The highest BCUT2D eigenvalue weighted by molar-refractivity contribution is 7.99. The summed E-state index contributed by atoms with van der Waals surface area (Å²) in [6.45, 7) is 2.21. The SMILES string of the molecule is CCNc1nc(Sc2ccncc2)cc(C(F)(F)F)n1. The summed E-state index contributed by atoms with van der Waals surface area (Å²) >= 11 is 1.13. The van der Waals surface area contributed by atoms with Crippen LogP contribution in [0.2, 0.25) is 0 Å². The van der Waals surface area contributed by atoms with E-state index in [0.29, 0.717) is 6.54 Å². The van der Waals surface area contributed by atoms with Crippen molar-refractivity contribution in [2.45, 2.75) is 23.0 Å². The monoisotopic (exact) mass is 300 g/mol. The minimum atomic E-state index is -4.50. The highest BCUT2D eigenvalue weighted by Gasteiger charge is 2.33.